The Labute approximate surface area is 189 Å². The van der Waals surface area contributed by atoms with E-state index in [0.29, 0.717) is 22.1 Å². The number of likely N-dealkylation sites (N-methyl/N-ethyl adjacent to an activating group) is 1. The average Bonchev–Trinajstić information content (AvgIpc) is 3.43. The topological polar surface area (TPSA) is 87.4 Å². The molecule has 0 bridgehead atoms. The largest absolute Gasteiger partial charge is 0.461 e. The zero-order valence-corrected chi connectivity index (χ0v) is 19.1. The normalized spacial score (nSPS) is 14.8. The lowest BCUT2D eigenvalue weighted by Crippen LogP contribution is -2.44. The van der Waals surface area contributed by atoms with Crippen molar-refractivity contribution >= 4 is 39.0 Å². The maximum atomic E-state index is 13.0. The van der Waals surface area contributed by atoms with E-state index in [1.807, 2.05) is 32.0 Å². The number of anilines is 2. The van der Waals surface area contributed by atoms with Gasteiger partial charge in [0.1, 0.15) is 10.6 Å². The van der Waals surface area contributed by atoms with Crippen molar-refractivity contribution in [1.29, 1.82) is 0 Å². The van der Waals surface area contributed by atoms with Crippen molar-refractivity contribution in [1.82, 2.24) is 19.9 Å². The van der Waals surface area contributed by atoms with Gasteiger partial charge >= 0.3 is 0 Å². The van der Waals surface area contributed by atoms with Crippen LogP contribution in [-0.2, 0) is 0 Å². The van der Waals surface area contributed by atoms with Crippen LogP contribution >= 0.6 is 11.3 Å². The zero-order valence-electron chi connectivity index (χ0n) is 18.3. The van der Waals surface area contributed by atoms with E-state index in [1.165, 1.54) is 11.3 Å². The fourth-order valence-electron chi connectivity index (χ4n) is 3.94. The fourth-order valence-corrected chi connectivity index (χ4v) is 5.07. The quantitative estimate of drug-likeness (QED) is 0.505. The highest BCUT2D eigenvalue weighted by atomic mass is 32.1. The molecule has 0 saturated carbocycles. The third-order valence-electron chi connectivity index (χ3n) is 5.75. The third kappa shape index (κ3) is 3.85. The number of rotatable bonds is 4. The van der Waals surface area contributed by atoms with Gasteiger partial charge in [0.15, 0.2) is 11.6 Å². The van der Waals surface area contributed by atoms with E-state index < -0.39 is 0 Å². The minimum Gasteiger partial charge on any atom is -0.461 e. The number of nitrogens with zero attached hydrogens (tertiary/aromatic N) is 5. The fraction of sp³-hybridized carbons (Fsp3) is 0.304. The summed E-state index contributed by atoms with van der Waals surface area (Å²) in [7, 11) is 2.13. The Bertz CT molecular complexity index is 1260. The van der Waals surface area contributed by atoms with Gasteiger partial charge in [0.2, 0.25) is 0 Å². The first-order valence-corrected chi connectivity index (χ1v) is 11.3. The van der Waals surface area contributed by atoms with Gasteiger partial charge in [-0.3, -0.25) is 4.79 Å². The van der Waals surface area contributed by atoms with Crippen LogP contribution in [0.3, 0.4) is 0 Å². The molecule has 1 fully saturated rings. The van der Waals surface area contributed by atoms with Crippen LogP contribution in [0, 0.1) is 13.8 Å². The Morgan fingerprint density at radius 2 is 1.94 bits per heavy atom. The van der Waals surface area contributed by atoms with Crippen molar-refractivity contribution < 1.29 is 9.21 Å². The van der Waals surface area contributed by atoms with E-state index in [1.54, 1.807) is 18.5 Å². The van der Waals surface area contributed by atoms with E-state index in [4.69, 9.17) is 4.42 Å². The molecule has 5 rings (SSSR count). The van der Waals surface area contributed by atoms with Crippen LogP contribution in [0.4, 0.5) is 11.5 Å². The number of aromatic nitrogens is 3. The molecular formula is C23H24N6O2S. The molecule has 32 heavy (non-hydrogen) atoms. The molecule has 0 unspecified atom stereocenters. The Morgan fingerprint density at radius 1 is 1.12 bits per heavy atom. The summed E-state index contributed by atoms with van der Waals surface area (Å²) in [6.07, 6.45) is 3.31. The lowest BCUT2D eigenvalue weighted by Gasteiger charge is -2.33. The molecule has 1 aliphatic heterocycles. The van der Waals surface area contributed by atoms with E-state index in [2.05, 4.69) is 37.1 Å². The standard InChI is InChI=1S/C23H24N6O2S/c1-14-19-15(2)25-21(17-5-4-12-31-17)27-23(19)32-20(14)22(30)26-16-6-7-18(24-13-16)29-10-8-28(3)9-11-29/h4-7,12-13H,8-11H2,1-3H3,(H,26,30). The van der Waals surface area contributed by atoms with Gasteiger partial charge in [-0.15, -0.1) is 11.3 Å². The Morgan fingerprint density at radius 3 is 2.62 bits per heavy atom. The van der Waals surface area contributed by atoms with Crippen LogP contribution in [0.15, 0.2) is 41.1 Å². The number of carbonyl (C=O) groups excluding carboxylic acids is 1. The number of hydrogen-bond donors (Lipinski definition) is 1. The number of thiophene rings is 1. The van der Waals surface area contributed by atoms with Gasteiger partial charge in [-0.25, -0.2) is 15.0 Å². The smallest absolute Gasteiger partial charge is 0.266 e. The first-order chi connectivity index (χ1) is 15.5. The van der Waals surface area contributed by atoms with Crippen molar-refractivity contribution in [2.45, 2.75) is 13.8 Å². The highest BCUT2D eigenvalue weighted by Crippen LogP contribution is 2.33. The van der Waals surface area contributed by atoms with Gasteiger partial charge < -0.3 is 19.5 Å². The molecule has 0 aromatic carbocycles. The van der Waals surface area contributed by atoms with E-state index in [9.17, 15) is 4.79 Å². The number of nitrogens with one attached hydrogen (secondary N) is 1. The summed E-state index contributed by atoms with van der Waals surface area (Å²) in [6.45, 7) is 7.82. The van der Waals surface area contributed by atoms with Gasteiger partial charge in [-0.1, -0.05) is 0 Å². The second-order valence-electron chi connectivity index (χ2n) is 8.00. The predicted molar refractivity (Wildman–Crippen MR) is 126 cm³/mol. The van der Waals surface area contributed by atoms with Crippen LogP contribution < -0.4 is 10.2 Å². The molecule has 9 heteroatoms. The van der Waals surface area contributed by atoms with E-state index >= 15 is 0 Å². The summed E-state index contributed by atoms with van der Waals surface area (Å²) in [5.74, 6) is 1.90. The highest BCUT2D eigenvalue weighted by molar-refractivity contribution is 7.20. The molecular weight excluding hydrogens is 424 g/mol. The van der Waals surface area contributed by atoms with Gasteiger partial charge in [-0.2, -0.15) is 0 Å². The summed E-state index contributed by atoms with van der Waals surface area (Å²) in [5, 5.41) is 3.89. The van der Waals surface area contributed by atoms with E-state index in [-0.39, 0.29) is 5.91 Å². The molecule has 164 valence electrons. The van der Waals surface area contributed by atoms with Gasteiger partial charge in [0, 0.05) is 31.6 Å². The molecule has 1 amide bonds. The number of aryl methyl sites for hydroxylation is 2. The number of carbonyl (C=O) groups is 1. The maximum Gasteiger partial charge on any atom is 0.266 e. The predicted octanol–water partition coefficient (Wildman–Crippen LogP) is 3.97. The summed E-state index contributed by atoms with van der Waals surface area (Å²) in [5.41, 5.74) is 2.38. The molecule has 0 radical (unpaired) electrons. The third-order valence-corrected chi connectivity index (χ3v) is 6.94. The van der Waals surface area contributed by atoms with E-state index in [0.717, 1.165) is 53.5 Å². The molecule has 0 atom stereocenters. The van der Waals surface area contributed by atoms with Crippen LogP contribution in [0.1, 0.15) is 20.9 Å². The SMILES string of the molecule is Cc1nc(-c2ccco2)nc2sc(C(=O)Nc3ccc(N4CCN(C)CC4)nc3)c(C)c12. The Kier molecular flexibility index (Phi) is 5.36. The summed E-state index contributed by atoms with van der Waals surface area (Å²) in [4.78, 5) is 32.8. The Balaban J connectivity index is 1.37. The first-order valence-electron chi connectivity index (χ1n) is 10.5. The van der Waals surface area contributed by atoms with Crippen LogP contribution in [-0.4, -0.2) is 59.0 Å². The molecule has 1 aliphatic rings. The number of fused-ring (bicyclic) bond motifs is 1. The number of piperazine rings is 1. The number of amides is 1. The minimum atomic E-state index is -0.168. The lowest BCUT2D eigenvalue weighted by atomic mass is 10.1. The van der Waals surface area contributed by atoms with Gasteiger partial charge in [0.05, 0.1) is 28.7 Å². The first kappa shape index (κ1) is 20.6. The molecule has 0 spiro atoms. The molecule has 1 N–H and O–H groups in total. The van der Waals surface area contributed by atoms with Crippen molar-refractivity contribution in [2.24, 2.45) is 0 Å². The second kappa shape index (κ2) is 8.33. The minimum absolute atomic E-state index is 0.168. The number of furan rings is 1. The number of pyridine rings is 1. The van der Waals surface area contributed by atoms with Crippen molar-refractivity contribution in [2.75, 3.05) is 43.4 Å². The van der Waals surface area contributed by atoms with Crippen molar-refractivity contribution in [3.63, 3.8) is 0 Å². The maximum absolute atomic E-state index is 13.0. The highest BCUT2D eigenvalue weighted by Gasteiger charge is 2.21. The van der Waals surface area contributed by atoms with Crippen molar-refractivity contribution in [3.8, 4) is 11.6 Å². The molecule has 4 aromatic heterocycles. The summed E-state index contributed by atoms with van der Waals surface area (Å²) in [6, 6.07) is 7.50. The Hall–Kier alpha value is -3.30. The van der Waals surface area contributed by atoms with Crippen LogP contribution in [0.25, 0.3) is 21.8 Å². The summed E-state index contributed by atoms with van der Waals surface area (Å²) < 4.78 is 5.43. The van der Waals surface area contributed by atoms with Crippen LogP contribution in [0.5, 0.6) is 0 Å². The molecule has 0 aliphatic carbocycles. The van der Waals surface area contributed by atoms with Gasteiger partial charge in [-0.05, 0) is 50.7 Å². The number of hydrogen-bond acceptors (Lipinski definition) is 8. The summed E-state index contributed by atoms with van der Waals surface area (Å²) >= 11 is 1.36. The second-order valence-corrected chi connectivity index (χ2v) is 8.99. The average molecular weight is 449 g/mol. The molecule has 4 aromatic rings. The molecule has 1 saturated heterocycles. The lowest BCUT2D eigenvalue weighted by molar-refractivity contribution is 0.103. The molecule has 5 heterocycles. The zero-order chi connectivity index (χ0) is 22.2. The van der Waals surface area contributed by atoms with Gasteiger partial charge in [0.25, 0.3) is 5.91 Å². The van der Waals surface area contributed by atoms with Crippen LogP contribution in [0.2, 0.25) is 0 Å². The van der Waals surface area contributed by atoms with Crippen molar-refractivity contribution in [3.05, 3.63) is 52.9 Å². The molecule has 8 nitrogen and oxygen atoms in total. The monoisotopic (exact) mass is 448 g/mol.